The minimum Gasteiger partial charge on any atom is -0.337 e. The molecule has 0 saturated carbocycles. The van der Waals surface area contributed by atoms with Gasteiger partial charge in [-0.2, -0.15) is 4.98 Å². The second-order valence-corrected chi connectivity index (χ2v) is 5.18. The molecular weight excluding hydrogens is 280 g/mol. The molecule has 110 valence electrons. The number of nitrogens with zero attached hydrogens (tertiary/aromatic N) is 6. The molecule has 0 atom stereocenters. The first-order valence-corrected chi connectivity index (χ1v) is 7.12. The highest BCUT2D eigenvalue weighted by atomic mass is 16.5. The van der Waals surface area contributed by atoms with Crippen molar-refractivity contribution < 1.29 is 4.52 Å². The van der Waals surface area contributed by atoms with Gasteiger partial charge in [-0.15, -0.1) is 0 Å². The molecule has 0 amide bonds. The number of pyridine rings is 1. The predicted molar refractivity (Wildman–Crippen MR) is 77.4 cm³/mol. The van der Waals surface area contributed by atoms with E-state index in [1.807, 2.05) is 24.4 Å². The molecule has 3 aromatic heterocycles. The van der Waals surface area contributed by atoms with Crippen molar-refractivity contribution in [3.8, 4) is 11.5 Å². The molecule has 0 spiro atoms. The average Bonchev–Trinajstić information content (AvgIpc) is 3.04. The average molecular weight is 294 g/mol. The molecule has 3 aromatic rings. The van der Waals surface area contributed by atoms with E-state index in [-0.39, 0.29) is 0 Å². The highest BCUT2D eigenvalue weighted by Crippen LogP contribution is 2.18. The predicted octanol–water partition coefficient (Wildman–Crippen LogP) is 1.48. The smallest absolute Gasteiger partial charge is 0.241 e. The zero-order valence-electron chi connectivity index (χ0n) is 11.9. The maximum absolute atomic E-state index is 5.33. The van der Waals surface area contributed by atoms with Gasteiger partial charge in [-0.3, -0.25) is 9.88 Å². The Morgan fingerprint density at radius 3 is 3.14 bits per heavy atom. The van der Waals surface area contributed by atoms with Crippen LogP contribution in [0.5, 0.6) is 0 Å². The summed E-state index contributed by atoms with van der Waals surface area (Å²) in [6.07, 6.45) is 6.14. The molecule has 0 aliphatic carbocycles. The fraction of sp³-hybridized carbons (Fsp3) is 0.267. The summed E-state index contributed by atoms with van der Waals surface area (Å²) in [5.41, 5.74) is 3.01. The van der Waals surface area contributed by atoms with Crippen molar-refractivity contribution in [3.05, 3.63) is 54.1 Å². The molecule has 0 saturated heterocycles. The molecular formula is C15H14N6O. The Balaban J connectivity index is 1.48. The minimum atomic E-state index is 0.523. The van der Waals surface area contributed by atoms with Gasteiger partial charge in [0, 0.05) is 25.5 Å². The molecule has 0 N–H and O–H groups in total. The third kappa shape index (κ3) is 2.58. The molecule has 0 fully saturated rings. The van der Waals surface area contributed by atoms with E-state index in [4.69, 9.17) is 4.52 Å². The molecule has 0 bridgehead atoms. The molecule has 4 heterocycles. The summed E-state index contributed by atoms with van der Waals surface area (Å²) in [7, 11) is 0. The molecule has 7 nitrogen and oxygen atoms in total. The highest BCUT2D eigenvalue weighted by Gasteiger charge is 2.20. The lowest BCUT2D eigenvalue weighted by Crippen LogP contribution is -2.30. The van der Waals surface area contributed by atoms with Crippen LogP contribution in [0.2, 0.25) is 0 Å². The van der Waals surface area contributed by atoms with Crippen molar-refractivity contribution in [2.45, 2.75) is 19.5 Å². The van der Waals surface area contributed by atoms with Crippen molar-refractivity contribution in [3.63, 3.8) is 0 Å². The number of fused-ring (bicyclic) bond motifs is 1. The largest absolute Gasteiger partial charge is 0.337 e. The van der Waals surface area contributed by atoms with Crippen molar-refractivity contribution in [1.82, 2.24) is 30.0 Å². The SMILES string of the molecule is c1ccc(-c2noc(CN3CCc4cncnc4C3)n2)nc1. The van der Waals surface area contributed by atoms with Crippen molar-refractivity contribution in [2.75, 3.05) is 6.54 Å². The Labute approximate surface area is 127 Å². The van der Waals surface area contributed by atoms with E-state index in [9.17, 15) is 0 Å². The van der Waals surface area contributed by atoms with Crippen LogP contribution in [0.25, 0.3) is 11.5 Å². The molecule has 7 heteroatoms. The summed E-state index contributed by atoms with van der Waals surface area (Å²) in [4.78, 5) is 19.3. The van der Waals surface area contributed by atoms with Gasteiger partial charge >= 0.3 is 0 Å². The first kappa shape index (κ1) is 13.0. The lowest BCUT2D eigenvalue weighted by Gasteiger charge is -2.25. The van der Waals surface area contributed by atoms with Crippen LogP contribution >= 0.6 is 0 Å². The van der Waals surface area contributed by atoms with E-state index in [2.05, 4.69) is 30.0 Å². The quantitative estimate of drug-likeness (QED) is 0.723. The second-order valence-electron chi connectivity index (χ2n) is 5.18. The van der Waals surface area contributed by atoms with E-state index in [1.54, 1.807) is 12.5 Å². The zero-order valence-corrected chi connectivity index (χ0v) is 11.9. The summed E-state index contributed by atoms with van der Waals surface area (Å²) >= 11 is 0. The van der Waals surface area contributed by atoms with Crippen LogP contribution in [0.15, 0.2) is 41.4 Å². The summed E-state index contributed by atoms with van der Waals surface area (Å²) < 4.78 is 5.33. The minimum absolute atomic E-state index is 0.523. The Hall–Kier alpha value is -2.67. The molecule has 0 aromatic carbocycles. The summed E-state index contributed by atoms with van der Waals surface area (Å²) in [6, 6.07) is 5.62. The van der Waals surface area contributed by atoms with Crippen LogP contribution in [0.3, 0.4) is 0 Å². The third-order valence-electron chi connectivity index (χ3n) is 3.67. The number of hydrogen-bond acceptors (Lipinski definition) is 7. The molecule has 0 unspecified atom stereocenters. The Morgan fingerprint density at radius 1 is 1.23 bits per heavy atom. The second kappa shape index (κ2) is 5.61. The van der Waals surface area contributed by atoms with Crippen LogP contribution in [0.1, 0.15) is 17.1 Å². The number of rotatable bonds is 3. The van der Waals surface area contributed by atoms with Crippen LogP contribution in [0.4, 0.5) is 0 Å². The maximum atomic E-state index is 5.33. The molecule has 1 aliphatic rings. The highest BCUT2D eigenvalue weighted by molar-refractivity contribution is 5.46. The monoisotopic (exact) mass is 294 g/mol. The molecule has 4 rings (SSSR count). The molecule has 0 radical (unpaired) electrons. The van der Waals surface area contributed by atoms with Gasteiger partial charge < -0.3 is 4.52 Å². The van der Waals surface area contributed by atoms with Gasteiger partial charge in [0.1, 0.15) is 12.0 Å². The van der Waals surface area contributed by atoms with Gasteiger partial charge in [0.2, 0.25) is 11.7 Å². The lowest BCUT2D eigenvalue weighted by molar-refractivity contribution is 0.207. The lowest BCUT2D eigenvalue weighted by atomic mass is 10.1. The number of aromatic nitrogens is 5. The van der Waals surface area contributed by atoms with E-state index in [0.717, 1.165) is 25.2 Å². The van der Waals surface area contributed by atoms with E-state index < -0.39 is 0 Å². The number of hydrogen-bond donors (Lipinski definition) is 0. The topological polar surface area (TPSA) is 80.8 Å². The Morgan fingerprint density at radius 2 is 2.23 bits per heavy atom. The van der Waals surface area contributed by atoms with Gasteiger partial charge in [0.15, 0.2) is 0 Å². The normalized spacial score (nSPS) is 14.7. The van der Waals surface area contributed by atoms with Crippen molar-refractivity contribution >= 4 is 0 Å². The van der Waals surface area contributed by atoms with Crippen LogP contribution in [-0.2, 0) is 19.5 Å². The summed E-state index contributed by atoms with van der Waals surface area (Å²) in [5.74, 6) is 1.12. The fourth-order valence-corrected chi connectivity index (χ4v) is 2.55. The maximum Gasteiger partial charge on any atom is 0.241 e. The van der Waals surface area contributed by atoms with Crippen molar-refractivity contribution in [2.24, 2.45) is 0 Å². The van der Waals surface area contributed by atoms with Crippen molar-refractivity contribution in [1.29, 1.82) is 0 Å². The zero-order chi connectivity index (χ0) is 14.8. The van der Waals surface area contributed by atoms with Gasteiger partial charge in [-0.25, -0.2) is 9.97 Å². The van der Waals surface area contributed by atoms with Crippen LogP contribution < -0.4 is 0 Å². The first-order valence-electron chi connectivity index (χ1n) is 7.12. The molecule has 22 heavy (non-hydrogen) atoms. The van der Waals surface area contributed by atoms with E-state index >= 15 is 0 Å². The standard InChI is InChI=1S/C15H14N6O/c1-2-5-17-12(3-1)15-19-14(22-20-15)9-21-6-4-11-7-16-10-18-13(11)8-21/h1-3,5,7,10H,4,6,8-9H2. The summed E-state index contributed by atoms with van der Waals surface area (Å²) in [6.45, 7) is 2.32. The van der Waals surface area contributed by atoms with E-state index in [0.29, 0.717) is 24.0 Å². The first-order chi connectivity index (χ1) is 10.9. The van der Waals surface area contributed by atoms with Crippen LogP contribution in [0, 0.1) is 0 Å². The van der Waals surface area contributed by atoms with Gasteiger partial charge in [-0.1, -0.05) is 11.2 Å². The molecule has 1 aliphatic heterocycles. The van der Waals surface area contributed by atoms with Gasteiger partial charge in [-0.05, 0) is 24.1 Å². The van der Waals surface area contributed by atoms with E-state index in [1.165, 1.54) is 5.56 Å². The summed E-state index contributed by atoms with van der Waals surface area (Å²) in [5, 5.41) is 4.00. The van der Waals surface area contributed by atoms with Crippen LogP contribution in [-0.4, -0.2) is 36.5 Å². The Bertz CT molecular complexity index is 772. The Kier molecular flexibility index (Phi) is 3.32. The fourth-order valence-electron chi connectivity index (χ4n) is 2.55. The van der Waals surface area contributed by atoms with Gasteiger partial charge in [0.05, 0.1) is 12.2 Å². The van der Waals surface area contributed by atoms with Gasteiger partial charge in [0.25, 0.3) is 0 Å². The third-order valence-corrected chi connectivity index (χ3v) is 3.67.